The first-order valence-corrected chi connectivity index (χ1v) is 12.1. The average Bonchev–Trinajstić information content (AvgIpc) is 3.43. The first-order chi connectivity index (χ1) is 17.2. The summed E-state index contributed by atoms with van der Waals surface area (Å²) >= 11 is 0. The monoisotopic (exact) mass is 485 g/mol. The molecule has 4 heterocycles. The third-order valence-corrected chi connectivity index (χ3v) is 6.87. The smallest absolute Gasteiger partial charge is 0.326 e. The number of fused-ring (bicyclic) bond motifs is 5. The summed E-state index contributed by atoms with van der Waals surface area (Å²) in [4.78, 5) is 46.4. The molecule has 0 saturated carbocycles. The largest absolute Gasteiger partial charge is 0.464 e. The fraction of sp³-hybridized carbons (Fsp3) is 0.321. The van der Waals surface area contributed by atoms with Gasteiger partial charge in [-0.1, -0.05) is 24.3 Å². The molecule has 2 atom stereocenters. The van der Waals surface area contributed by atoms with E-state index in [4.69, 9.17) is 9.15 Å². The van der Waals surface area contributed by atoms with Crippen LogP contribution in [0.2, 0.25) is 0 Å². The summed E-state index contributed by atoms with van der Waals surface area (Å²) in [7, 11) is 0. The fourth-order valence-electron chi connectivity index (χ4n) is 5.49. The van der Waals surface area contributed by atoms with E-state index in [2.05, 4.69) is 4.98 Å². The number of carbonyl (C=O) groups excluding carboxylic acids is 3. The fourth-order valence-corrected chi connectivity index (χ4v) is 5.49. The van der Waals surface area contributed by atoms with E-state index in [1.165, 1.54) is 4.90 Å². The molecule has 0 radical (unpaired) electrons. The molecule has 36 heavy (non-hydrogen) atoms. The predicted octanol–water partition coefficient (Wildman–Crippen LogP) is 3.94. The van der Waals surface area contributed by atoms with Gasteiger partial charge in [0.1, 0.15) is 30.3 Å². The summed E-state index contributed by atoms with van der Waals surface area (Å²) in [6.07, 6.45) is 2.01. The Kier molecular flexibility index (Phi) is 4.96. The van der Waals surface area contributed by atoms with E-state index >= 15 is 0 Å². The summed E-state index contributed by atoms with van der Waals surface area (Å²) < 4.78 is 10.9. The number of furan rings is 1. The van der Waals surface area contributed by atoms with Crippen molar-refractivity contribution in [2.45, 2.75) is 44.9 Å². The lowest BCUT2D eigenvalue weighted by atomic mass is 9.86. The number of nitrogens with zero attached hydrogens (tertiary/aromatic N) is 2. The zero-order valence-electron chi connectivity index (χ0n) is 20.4. The van der Waals surface area contributed by atoms with Crippen LogP contribution in [0.3, 0.4) is 0 Å². The predicted molar refractivity (Wildman–Crippen MR) is 133 cm³/mol. The van der Waals surface area contributed by atoms with Crippen LogP contribution in [0.4, 0.5) is 0 Å². The van der Waals surface area contributed by atoms with Crippen molar-refractivity contribution in [2.24, 2.45) is 0 Å². The maximum absolute atomic E-state index is 13.7. The van der Waals surface area contributed by atoms with Crippen molar-refractivity contribution in [3.63, 3.8) is 0 Å². The number of H-pyrrole nitrogens is 1. The van der Waals surface area contributed by atoms with Crippen molar-refractivity contribution in [3.8, 4) is 0 Å². The number of piperazine rings is 1. The number of aromatic nitrogens is 1. The molecular weight excluding hydrogens is 458 g/mol. The SMILES string of the molecule is CC(C)(C)OC(=O)CN1CC(=O)N2[C@H](c3ccc4occc4c3)c3[nH]c4ccccc4c3C[C@@H]2C1=O. The molecule has 8 heteroatoms. The molecule has 2 aromatic heterocycles. The summed E-state index contributed by atoms with van der Waals surface area (Å²) in [5, 5.41) is 1.96. The van der Waals surface area contributed by atoms with Gasteiger partial charge in [0, 0.05) is 28.4 Å². The van der Waals surface area contributed by atoms with Crippen LogP contribution in [0, 0.1) is 0 Å². The number of ether oxygens (including phenoxy) is 1. The van der Waals surface area contributed by atoms with Gasteiger partial charge in [-0.2, -0.15) is 0 Å². The van der Waals surface area contributed by atoms with E-state index in [1.54, 1.807) is 31.9 Å². The Bertz CT molecular complexity index is 1530. The molecule has 184 valence electrons. The maximum Gasteiger partial charge on any atom is 0.326 e. The van der Waals surface area contributed by atoms with E-state index in [9.17, 15) is 14.4 Å². The van der Waals surface area contributed by atoms with Crippen molar-refractivity contribution < 1.29 is 23.5 Å². The zero-order chi connectivity index (χ0) is 25.2. The normalized spacial score (nSPS) is 20.1. The van der Waals surface area contributed by atoms with Gasteiger partial charge in [0.15, 0.2) is 0 Å². The van der Waals surface area contributed by atoms with Crippen LogP contribution in [0.15, 0.2) is 59.2 Å². The van der Waals surface area contributed by atoms with Crippen molar-refractivity contribution in [2.75, 3.05) is 13.1 Å². The van der Waals surface area contributed by atoms with Crippen LogP contribution in [-0.2, 0) is 25.5 Å². The Morgan fingerprint density at radius 2 is 1.94 bits per heavy atom. The van der Waals surface area contributed by atoms with Crippen molar-refractivity contribution >= 4 is 39.7 Å². The summed E-state index contributed by atoms with van der Waals surface area (Å²) in [5.41, 5.74) is 3.87. The number of hydrogen-bond acceptors (Lipinski definition) is 5. The molecular formula is C28H27N3O5. The molecule has 0 spiro atoms. The molecule has 8 nitrogen and oxygen atoms in total. The molecule has 2 aliphatic rings. The molecule has 1 N–H and O–H groups in total. The number of hydrogen-bond donors (Lipinski definition) is 1. The number of nitrogens with one attached hydrogen (secondary N) is 1. The number of aromatic amines is 1. The van der Waals surface area contributed by atoms with Crippen LogP contribution in [0.5, 0.6) is 0 Å². The van der Waals surface area contributed by atoms with Gasteiger partial charge < -0.3 is 23.9 Å². The van der Waals surface area contributed by atoms with Crippen LogP contribution in [-0.4, -0.2) is 57.3 Å². The van der Waals surface area contributed by atoms with Gasteiger partial charge in [-0.05, 0) is 56.2 Å². The Labute approximate surface area is 207 Å². The second kappa shape index (κ2) is 7.98. The molecule has 4 aromatic rings. The first kappa shape index (κ1) is 22.4. The quantitative estimate of drug-likeness (QED) is 0.444. The van der Waals surface area contributed by atoms with E-state index in [1.807, 2.05) is 48.5 Å². The van der Waals surface area contributed by atoms with Gasteiger partial charge in [-0.25, -0.2) is 0 Å². The Hall–Kier alpha value is -4.07. The highest BCUT2D eigenvalue weighted by Gasteiger charge is 2.48. The lowest BCUT2D eigenvalue weighted by Crippen LogP contribution is -2.63. The minimum absolute atomic E-state index is 0.172. The van der Waals surface area contributed by atoms with E-state index < -0.39 is 23.7 Å². The summed E-state index contributed by atoms with van der Waals surface area (Å²) in [6.45, 7) is 4.90. The Balaban J connectivity index is 1.44. The van der Waals surface area contributed by atoms with E-state index in [0.717, 1.165) is 38.7 Å². The van der Waals surface area contributed by atoms with Crippen LogP contribution in [0.1, 0.15) is 43.6 Å². The van der Waals surface area contributed by atoms with Crippen LogP contribution in [0.25, 0.3) is 21.9 Å². The standard InChI is InChI=1S/C28H27N3O5/c1-28(2,3)36-24(33)15-30-14-23(32)31-21(27(30)34)13-19-18-6-4-5-7-20(18)29-25(19)26(31)17-8-9-22-16(12-17)10-11-35-22/h4-12,21,26,29H,13-15H2,1-3H3/t21-,26-/m1/s1. The number of carbonyl (C=O) groups is 3. The van der Waals surface area contributed by atoms with Gasteiger partial charge in [0.2, 0.25) is 11.8 Å². The molecule has 0 bridgehead atoms. The van der Waals surface area contributed by atoms with Gasteiger partial charge in [0.25, 0.3) is 0 Å². The first-order valence-electron chi connectivity index (χ1n) is 12.1. The summed E-state index contributed by atoms with van der Waals surface area (Å²) in [6, 6.07) is 14.5. The minimum Gasteiger partial charge on any atom is -0.464 e. The summed E-state index contributed by atoms with van der Waals surface area (Å²) in [5.74, 6) is -0.974. The van der Waals surface area contributed by atoms with Crippen molar-refractivity contribution in [1.82, 2.24) is 14.8 Å². The van der Waals surface area contributed by atoms with Crippen LogP contribution >= 0.6 is 0 Å². The number of para-hydroxylation sites is 1. The molecule has 0 aliphatic carbocycles. The van der Waals surface area contributed by atoms with Gasteiger partial charge in [-0.15, -0.1) is 0 Å². The lowest BCUT2D eigenvalue weighted by molar-refractivity contribution is -0.166. The number of esters is 1. The second-order valence-corrected chi connectivity index (χ2v) is 10.5. The molecule has 6 rings (SSSR count). The van der Waals surface area contributed by atoms with E-state index in [0.29, 0.717) is 6.42 Å². The van der Waals surface area contributed by atoms with Crippen molar-refractivity contribution in [3.05, 3.63) is 71.6 Å². The molecule has 1 saturated heterocycles. The number of amides is 2. The average molecular weight is 486 g/mol. The highest BCUT2D eigenvalue weighted by Crippen LogP contribution is 2.43. The third-order valence-electron chi connectivity index (χ3n) is 6.87. The highest BCUT2D eigenvalue weighted by molar-refractivity contribution is 5.99. The van der Waals surface area contributed by atoms with Gasteiger partial charge >= 0.3 is 5.97 Å². The molecule has 2 aliphatic heterocycles. The Morgan fingerprint density at radius 3 is 2.75 bits per heavy atom. The number of benzene rings is 2. The second-order valence-electron chi connectivity index (χ2n) is 10.5. The van der Waals surface area contributed by atoms with Gasteiger partial charge in [0.05, 0.1) is 12.3 Å². The zero-order valence-corrected chi connectivity index (χ0v) is 20.4. The highest BCUT2D eigenvalue weighted by atomic mass is 16.6. The molecule has 2 amide bonds. The lowest BCUT2D eigenvalue weighted by Gasteiger charge is -2.46. The Morgan fingerprint density at radius 1 is 1.14 bits per heavy atom. The van der Waals surface area contributed by atoms with E-state index in [-0.39, 0.29) is 24.9 Å². The van der Waals surface area contributed by atoms with Crippen LogP contribution < -0.4 is 0 Å². The minimum atomic E-state index is -0.717. The topological polar surface area (TPSA) is 95.8 Å². The number of rotatable bonds is 3. The third kappa shape index (κ3) is 3.64. The molecule has 1 fully saturated rings. The molecule has 0 unspecified atom stereocenters. The van der Waals surface area contributed by atoms with Gasteiger partial charge in [-0.3, -0.25) is 14.4 Å². The van der Waals surface area contributed by atoms with Crippen molar-refractivity contribution in [1.29, 1.82) is 0 Å². The maximum atomic E-state index is 13.7. The molecule has 2 aromatic carbocycles.